The van der Waals surface area contributed by atoms with Gasteiger partial charge in [0.15, 0.2) is 0 Å². The van der Waals surface area contributed by atoms with E-state index >= 15 is 0 Å². The number of nitrogens with zero attached hydrogens (tertiary/aromatic N) is 2. The first-order valence-corrected chi connectivity index (χ1v) is 6.10. The second kappa shape index (κ2) is 5.69. The summed E-state index contributed by atoms with van der Waals surface area (Å²) in [6.07, 6.45) is 4.76. The van der Waals surface area contributed by atoms with Crippen LogP contribution in [0.4, 0.5) is 0 Å². The largest absolute Gasteiger partial charge is 0.491 e. The van der Waals surface area contributed by atoms with E-state index in [2.05, 4.69) is 18.1 Å². The fraction of sp³-hybridized carbons (Fsp3) is 0.357. The Labute approximate surface area is 107 Å². The molecule has 96 valence electrons. The minimum atomic E-state index is 0.0159. The van der Waals surface area contributed by atoms with Gasteiger partial charge in [-0.25, -0.2) is 0 Å². The number of benzene rings is 1. The van der Waals surface area contributed by atoms with Crippen LogP contribution in [-0.4, -0.2) is 28.1 Å². The van der Waals surface area contributed by atoms with E-state index in [0.29, 0.717) is 6.61 Å². The molecule has 1 aromatic carbocycles. The summed E-state index contributed by atoms with van der Waals surface area (Å²) < 4.78 is 7.33. The first-order valence-electron chi connectivity index (χ1n) is 6.10. The molecule has 1 aromatic heterocycles. The van der Waals surface area contributed by atoms with Crippen molar-refractivity contribution < 1.29 is 9.84 Å². The highest BCUT2D eigenvalue weighted by Gasteiger charge is 2.09. The van der Waals surface area contributed by atoms with Gasteiger partial charge in [-0.05, 0) is 24.1 Å². The Balaban J connectivity index is 2.40. The van der Waals surface area contributed by atoms with Crippen molar-refractivity contribution in [1.29, 1.82) is 0 Å². The molecule has 2 rings (SSSR count). The number of aromatic nitrogens is 2. The zero-order chi connectivity index (χ0) is 13.0. The van der Waals surface area contributed by atoms with Gasteiger partial charge in [0.2, 0.25) is 0 Å². The molecule has 0 spiro atoms. The molecule has 0 aliphatic carbocycles. The molecule has 0 atom stereocenters. The molecule has 1 heterocycles. The smallest absolute Gasteiger partial charge is 0.127 e. The second-order valence-corrected chi connectivity index (χ2v) is 4.16. The summed E-state index contributed by atoms with van der Waals surface area (Å²) in [5.74, 6) is 0.786. The van der Waals surface area contributed by atoms with E-state index in [0.717, 1.165) is 23.3 Å². The van der Waals surface area contributed by atoms with Crippen molar-refractivity contribution in [2.75, 3.05) is 13.2 Å². The number of rotatable bonds is 5. The minimum absolute atomic E-state index is 0.0159. The zero-order valence-corrected chi connectivity index (χ0v) is 10.8. The molecule has 0 bridgehead atoms. The predicted molar refractivity (Wildman–Crippen MR) is 70.6 cm³/mol. The maximum Gasteiger partial charge on any atom is 0.127 e. The predicted octanol–water partition coefficient (Wildman–Crippen LogP) is 2.02. The van der Waals surface area contributed by atoms with Crippen LogP contribution >= 0.6 is 0 Å². The van der Waals surface area contributed by atoms with Crippen LogP contribution < -0.4 is 4.74 Å². The van der Waals surface area contributed by atoms with Crippen LogP contribution in [0.1, 0.15) is 12.5 Å². The number of aryl methyl sites for hydroxylation is 2. The summed E-state index contributed by atoms with van der Waals surface area (Å²) in [5, 5.41) is 13.0. The van der Waals surface area contributed by atoms with Gasteiger partial charge in [0.1, 0.15) is 12.4 Å². The minimum Gasteiger partial charge on any atom is -0.491 e. The van der Waals surface area contributed by atoms with Gasteiger partial charge in [-0.3, -0.25) is 4.68 Å². The van der Waals surface area contributed by atoms with Gasteiger partial charge in [0.25, 0.3) is 0 Å². The zero-order valence-electron chi connectivity index (χ0n) is 10.8. The van der Waals surface area contributed by atoms with Crippen LogP contribution in [-0.2, 0) is 13.5 Å². The van der Waals surface area contributed by atoms with Crippen molar-refractivity contribution in [3.05, 3.63) is 36.2 Å². The third kappa shape index (κ3) is 2.71. The molecule has 0 aliphatic heterocycles. The highest BCUT2D eigenvalue weighted by atomic mass is 16.5. The van der Waals surface area contributed by atoms with E-state index in [1.807, 2.05) is 31.6 Å². The normalized spacial score (nSPS) is 10.6. The lowest BCUT2D eigenvalue weighted by Gasteiger charge is -2.11. The maximum absolute atomic E-state index is 8.85. The van der Waals surface area contributed by atoms with E-state index in [9.17, 15) is 0 Å². The molecule has 2 aromatic rings. The molecule has 0 saturated carbocycles. The monoisotopic (exact) mass is 246 g/mol. The number of hydrogen-bond donors (Lipinski definition) is 1. The SMILES string of the molecule is CCc1ccc(OCCO)c(-c2cnn(C)c2)c1. The van der Waals surface area contributed by atoms with Crippen LogP contribution in [0.3, 0.4) is 0 Å². The van der Waals surface area contributed by atoms with E-state index in [4.69, 9.17) is 9.84 Å². The van der Waals surface area contributed by atoms with Crippen molar-refractivity contribution >= 4 is 0 Å². The molecule has 1 N–H and O–H groups in total. The number of hydrogen-bond acceptors (Lipinski definition) is 3. The number of ether oxygens (including phenoxy) is 1. The van der Waals surface area contributed by atoms with Gasteiger partial charge >= 0.3 is 0 Å². The third-order valence-electron chi connectivity index (χ3n) is 2.82. The van der Waals surface area contributed by atoms with Crippen molar-refractivity contribution in [2.24, 2.45) is 7.05 Å². The Hall–Kier alpha value is -1.81. The maximum atomic E-state index is 8.85. The first kappa shape index (κ1) is 12.6. The van der Waals surface area contributed by atoms with Gasteiger partial charge in [-0.2, -0.15) is 5.10 Å². The molecule has 0 unspecified atom stereocenters. The Bertz CT molecular complexity index is 520. The van der Waals surface area contributed by atoms with Crippen molar-refractivity contribution in [3.63, 3.8) is 0 Å². The lowest BCUT2D eigenvalue weighted by atomic mass is 10.0. The molecule has 18 heavy (non-hydrogen) atoms. The Morgan fingerprint density at radius 2 is 2.22 bits per heavy atom. The van der Waals surface area contributed by atoms with Crippen molar-refractivity contribution in [2.45, 2.75) is 13.3 Å². The highest BCUT2D eigenvalue weighted by molar-refractivity contribution is 5.70. The molecule has 4 heteroatoms. The van der Waals surface area contributed by atoms with Gasteiger partial charge in [0, 0.05) is 24.4 Å². The molecule has 0 radical (unpaired) electrons. The number of aliphatic hydroxyl groups is 1. The highest BCUT2D eigenvalue weighted by Crippen LogP contribution is 2.30. The topological polar surface area (TPSA) is 47.3 Å². The molecular formula is C14H18N2O2. The summed E-state index contributed by atoms with van der Waals surface area (Å²) in [5.41, 5.74) is 3.31. The molecule has 0 amide bonds. The lowest BCUT2D eigenvalue weighted by molar-refractivity contribution is 0.202. The van der Waals surface area contributed by atoms with Gasteiger partial charge in [-0.15, -0.1) is 0 Å². The van der Waals surface area contributed by atoms with E-state index in [1.54, 1.807) is 4.68 Å². The van der Waals surface area contributed by atoms with Crippen LogP contribution in [0, 0.1) is 0 Å². The average Bonchev–Trinajstić information content (AvgIpc) is 2.82. The fourth-order valence-electron chi connectivity index (χ4n) is 1.86. The van der Waals surface area contributed by atoms with E-state index in [1.165, 1.54) is 5.56 Å². The molecule has 0 aliphatic rings. The van der Waals surface area contributed by atoms with Crippen LogP contribution in [0.15, 0.2) is 30.6 Å². The second-order valence-electron chi connectivity index (χ2n) is 4.16. The quantitative estimate of drug-likeness (QED) is 0.878. The molecule has 4 nitrogen and oxygen atoms in total. The first-order chi connectivity index (χ1) is 8.74. The standard InChI is InChI=1S/C14H18N2O2/c1-3-11-4-5-14(18-7-6-17)13(8-11)12-9-15-16(2)10-12/h4-5,8-10,17H,3,6-7H2,1-2H3. The Morgan fingerprint density at radius 1 is 1.39 bits per heavy atom. The van der Waals surface area contributed by atoms with Gasteiger partial charge in [-0.1, -0.05) is 13.0 Å². The average molecular weight is 246 g/mol. The van der Waals surface area contributed by atoms with Crippen LogP contribution in [0.2, 0.25) is 0 Å². The van der Waals surface area contributed by atoms with Crippen molar-refractivity contribution in [1.82, 2.24) is 9.78 Å². The summed E-state index contributed by atoms with van der Waals surface area (Å²) in [7, 11) is 1.89. The summed E-state index contributed by atoms with van der Waals surface area (Å²) in [4.78, 5) is 0. The number of aliphatic hydroxyl groups excluding tert-OH is 1. The van der Waals surface area contributed by atoms with Gasteiger partial charge in [0.05, 0.1) is 12.8 Å². The van der Waals surface area contributed by atoms with E-state index in [-0.39, 0.29) is 6.61 Å². The van der Waals surface area contributed by atoms with Crippen LogP contribution in [0.25, 0.3) is 11.1 Å². The Morgan fingerprint density at radius 3 is 2.83 bits per heavy atom. The fourth-order valence-corrected chi connectivity index (χ4v) is 1.86. The summed E-state index contributed by atoms with van der Waals surface area (Å²) in [6.45, 7) is 2.44. The lowest BCUT2D eigenvalue weighted by Crippen LogP contribution is -2.03. The van der Waals surface area contributed by atoms with E-state index < -0.39 is 0 Å². The Kier molecular flexibility index (Phi) is 3.99. The van der Waals surface area contributed by atoms with Gasteiger partial charge < -0.3 is 9.84 Å². The van der Waals surface area contributed by atoms with Crippen LogP contribution in [0.5, 0.6) is 5.75 Å². The summed E-state index contributed by atoms with van der Waals surface area (Å²) >= 11 is 0. The third-order valence-corrected chi connectivity index (χ3v) is 2.82. The molecule has 0 saturated heterocycles. The molecule has 0 fully saturated rings. The summed E-state index contributed by atoms with van der Waals surface area (Å²) in [6, 6.07) is 6.12. The molecular weight excluding hydrogens is 228 g/mol. The van der Waals surface area contributed by atoms with Crippen molar-refractivity contribution in [3.8, 4) is 16.9 Å².